The van der Waals surface area contributed by atoms with Crippen LogP contribution in [0.2, 0.25) is 0 Å². The van der Waals surface area contributed by atoms with Crippen molar-refractivity contribution in [1.29, 1.82) is 0 Å². The van der Waals surface area contributed by atoms with Gasteiger partial charge in [0.15, 0.2) is 11.6 Å². The maximum atomic E-state index is 10.6. The lowest BCUT2D eigenvalue weighted by molar-refractivity contribution is 0.00799. The smallest absolute Gasteiger partial charge is 0.176 e. The summed E-state index contributed by atoms with van der Waals surface area (Å²) in [5, 5.41) is 23.8. The first kappa shape index (κ1) is 17.4. The van der Waals surface area contributed by atoms with Crippen LogP contribution in [0, 0.1) is 13.8 Å². The topological polar surface area (TPSA) is 70.3 Å². The van der Waals surface area contributed by atoms with Gasteiger partial charge >= 0.3 is 0 Å². The molecule has 140 valence electrons. The van der Waals surface area contributed by atoms with Crippen LogP contribution in [0.5, 0.6) is 0 Å². The number of hydrogen-bond acceptors (Lipinski definition) is 6. The van der Waals surface area contributed by atoms with Gasteiger partial charge in [0, 0.05) is 38.4 Å². The highest BCUT2D eigenvalue weighted by Crippen LogP contribution is 2.30. The molecule has 2 aliphatic rings. The minimum absolute atomic E-state index is 0.455. The molecule has 7 heteroatoms. The molecule has 2 aromatic heterocycles. The molecule has 0 radical (unpaired) electrons. The van der Waals surface area contributed by atoms with Gasteiger partial charge in [-0.3, -0.25) is 4.90 Å². The first-order chi connectivity index (χ1) is 12.5. The normalized spacial score (nSPS) is 20.7. The third-order valence-corrected chi connectivity index (χ3v) is 5.61. The Morgan fingerprint density at radius 2 is 1.65 bits per heavy atom. The van der Waals surface area contributed by atoms with Crippen molar-refractivity contribution in [2.24, 2.45) is 0 Å². The van der Waals surface area contributed by atoms with Gasteiger partial charge in [0.25, 0.3) is 0 Å². The van der Waals surface area contributed by atoms with Crippen LogP contribution in [0.25, 0.3) is 5.82 Å². The number of β-amino-alcohol motifs (C(OH)–C–C–N with tert-alkyl or cyclic N) is 1. The average molecular weight is 356 g/mol. The summed E-state index contributed by atoms with van der Waals surface area (Å²) in [6.07, 6.45) is 4.22. The van der Waals surface area contributed by atoms with E-state index in [-0.39, 0.29) is 0 Å². The predicted molar refractivity (Wildman–Crippen MR) is 101 cm³/mol. The molecule has 1 saturated carbocycles. The van der Waals surface area contributed by atoms with E-state index in [1.165, 1.54) is 0 Å². The number of aromatic nitrogens is 4. The average Bonchev–Trinajstić information content (AvgIpc) is 3.21. The summed E-state index contributed by atoms with van der Waals surface area (Å²) in [4.78, 5) is 4.66. The van der Waals surface area contributed by atoms with E-state index in [1.807, 2.05) is 36.7 Å². The fourth-order valence-corrected chi connectivity index (χ4v) is 4.20. The second-order valence-electron chi connectivity index (χ2n) is 7.78. The molecular formula is C19H28N6O. The molecule has 4 rings (SSSR count). The number of rotatable bonds is 4. The Hall–Kier alpha value is -1.99. The summed E-state index contributed by atoms with van der Waals surface area (Å²) in [6, 6.07) is 6.04. The Balaban J connectivity index is 1.36. The molecule has 0 unspecified atom stereocenters. The first-order valence-electron chi connectivity index (χ1n) is 9.60. The van der Waals surface area contributed by atoms with Crippen molar-refractivity contribution in [2.75, 3.05) is 37.6 Å². The number of aliphatic hydroxyl groups is 1. The third-order valence-electron chi connectivity index (χ3n) is 5.61. The Labute approximate surface area is 154 Å². The number of nitrogens with zero attached hydrogens (tertiary/aromatic N) is 6. The van der Waals surface area contributed by atoms with Gasteiger partial charge in [0.05, 0.1) is 11.3 Å². The van der Waals surface area contributed by atoms with Crippen molar-refractivity contribution in [1.82, 2.24) is 24.9 Å². The van der Waals surface area contributed by atoms with Gasteiger partial charge in [-0.15, -0.1) is 10.2 Å². The molecule has 0 bridgehead atoms. The van der Waals surface area contributed by atoms with E-state index in [0.29, 0.717) is 0 Å². The number of piperazine rings is 1. The zero-order chi connectivity index (χ0) is 18.1. The van der Waals surface area contributed by atoms with Crippen molar-refractivity contribution < 1.29 is 5.11 Å². The van der Waals surface area contributed by atoms with Crippen LogP contribution < -0.4 is 4.90 Å². The Morgan fingerprint density at radius 3 is 2.23 bits per heavy atom. The molecule has 0 atom stereocenters. The van der Waals surface area contributed by atoms with E-state index in [4.69, 9.17) is 0 Å². The highest BCUT2D eigenvalue weighted by atomic mass is 16.3. The molecule has 1 aliphatic heterocycles. The Kier molecular flexibility index (Phi) is 4.67. The van der Waals surface area contributed by atoms with Gasteiger partial charge in [-0.2, -0.15) is 5.10 Å². The second kappa shape index (κ2) is 6.96. The fourth-order valence-electron chi connectivity index (χ4n) is 4.20. The van der Waals surface area contributed by atoms with Gasteiger partial charge in [-0.1, -0.05) is 12.8 Å². The van der Waals surface area contributed by atoms with Gasteiger partial charge in [0.2, 0.25) is 0 Å². The van der Waals surface area contributed by atoms with Crippen LogP contribution in [-0.4, -0.2) is 68.3 Å². The summed E-state index contributed by atoms with van der Waals surface area (Å²) in [6.45, 7) is 8.57. The molecule has 0 amide bonds. The number of aryl methyl sites for hydroxylation is 2. The maximum absolute atomic E-state index is 10.6. The molecule has 0 aromatic carbocycles. The largest absolute Gasteiger partial charge is 0.389 e. The lowest BCUT2D eigenvalue weighted by Gasteiger charge is -2.38. The maximum Gasteiger partial charge on any atom is 0.176 e. The lowest BCUT2D eigenvalue weighted by atomic mass is 10.0. The van der Waals surface area contributed by atoms with Crippen LogP contribution in [0.15, 0.2) is 18.2 Å². The van der Waals surface area contributed by atoms with Gasteiger partial charge < -0.3 is 10.0 Å². The van der Waals surface area contributed by atoms with E-state index in [2.05, 4.69) is 25.1 Å². The minimum Gasteiger partial charge on any atom is -0.389 e. The van der Waals surface area contributed by atoms with Crippen molar-refractivity contribution >= 4 is 5.82 Å². The monoisotopic (exact) mass is 356 g/mol. The zero-order valence-electron chi connectivity index (χ0n) is 15.7. The molecule has 26 heavy (non-hydrogen) atoms. The molecule has 0 spiro atoms. The molecule has 1 saturated heterocycles. The minimum atomic E-state index is -0.455. The molecule has 1 aliphatic carbocycles. The molecule has 7 nitrogen and oxygen atoms in total. The first-order valence-corrected chi connectivity index (χ1v) is 9.60. The van der Waals surface area contributed by atoms with Crippen molar-refractivity contribution in [2.45, 2.75) is 45.1 Å². The fraction of sp³-hybridized carbons (Fsp3) is 0.632. The van der Waals surface area contributed by atoms with E-state index in [1.54, 1.807) is 0 Å². The SMILES string of the molecule is Cc1cc(C)n(-c2ccc(N3CCN(CC4(O)CCCC4)CC3)nn2)n1. The quantitative estimate of drug-likeness (QED) is 0.899. The number of anilines is 1. The van der Waals surface area contributed by atoms with Crippen LogP contribution >= 0.6 is 0 Å². The van der Waals surface area contributed by atoms with Crippen molar-refractivity contribution in [3.05, 3.63) is 29.6 Å². The van der Waals surface area contributed by atoms with Gasteiger partial charge in [-0.25, -0.2) is 4.68 Å². The van der Waals surface area contributed by atoms with Gasteiger partial charge in [-0.05, 0) is 44.9 Å². The van der Waals surface area contributed by atoms with Crippen LogP contribution in [-0.2, 0) is 0 Å². The Bertz CT molecular complexity index is 742. The lowest BCUT2D eigenvalue weighted by Crippen LogP contribution is -2.51. The standard InChI is InChI=1S/C19H28N6O/c1-15-13-16(2)25(22-15)18-6-5-17(20-21-18)24-11-9-23(10-12-24)14-19(26)7-3-4-8-19/h5-6,13,26H,3-4,7-12,14H2,1-2H3. The molecule has 1 N–H and O–H groups in total. The molecule has 2 fully saturated rings. The van der Waals surface area contributed by atoms with Crippen LogP contribution in [0.3, 0.4) is 0 Å². The highest BCUT2D eigenvalue weighted by Gasteiger charge is 2.34. The zero-order valence-corrected chi connectivity index (χ0v) is 15.7. The van der Waals surface area contributed by atoms with Crippen LogP contribution in [0.4, 0.5) is 5.82 Å². The summed E-state index contributed by atoms with van der Waals surface area (Å²) in [7, 11) is 0. The third kappa shape index (κ3) is 3.59. The summed E-state index contributed by atoms with van der Waals surface area (Å²) >= 11 is 0. The summed E-state index contributed by atoms with van der Waals surface area (Å²) in [5.74, 6) is 1.66. The van der Waals surface area contributed by atoms with E-state index < -0.39 is 5.60 Å². The van der Waals surface area contributed by atoms with E-state index >= 15 is 0 Å². The number of hydrogen-bond donors (Lipinski definition) is 1. The van der Waals surface area contributed by atoms with Crippen molar-refractivity contribution in [3.8, 4) is 5.82 Å². The highest BCUT2D eigenvalue weighted by molar-refractivity contribution is 5.40. The van der Waals surface area contributed by atoms with E-state index in [0.717, 1.165) is 81.4 Å². The second-order valence-corrected chi connectivity index (χ2v) is 7.78. The molecule has 3 heterocycles. The molecular weight excluding hydrogens is 328 g/mol. The van der Waals surface area contributed by atoms with E-state index in [9.17, 15) is 5.11 Å². The summed E-state index contributed by atoms with van der Waals surface area (Å²) in [5.41, 5.74) is 1.58. The van der Waals surface area contributed by atoms with Gasteiger partial charge in [0.1, 0.15) is 0 Å². The molecule has 2 aromatic rings. The van der Waals surface area contributed by atoms with Crippen LogP contribution in [0.1, 0.15) is 37.1 Å². The Morgan fingerprint density at radius 1 is 1.00 bits per heavy atom. The van der Waals surface area contributed by atoms with Crippen molar-refractivity contribution in [3.63, 3.8) is 0 Å². The summed E-state index contributed by atoms with van der Waals surface area (Å²) < 4.78 is 1.83. The predicted octanol–water partition coefficient (Wildman–Crippen LogP) is 1.71.